The Kier molecular flexibility index (Phi) is 6.71. The first-order chi connectivity index (χ1) is 14.0. The molecule has 148 valence electrons. The van der Waals surface area contributed by atoms with Crippen LogP contribution in [0.25, 0.3) is 0 Å². The van der Waals surface area contributed by atoms with E-state index in [0.717, 1.165) is 16.7 Å². The highest BCUT2D eigenvalue weighted by Gasteiger charge is 2.19. The van der Waals surface area contributed by atoms with E-state index in [1.54, 1.807) is 43.5 Å². The molecule has 29 heavy (non-hydrogen) atoms. The molecular formula is C24H23NO3S. The molecule has 5 heteroatoms. The average molecular weight is 406 g/mol. The second kappa shape index (κ2) is 9.42. The Morgan fingerprint density at radius 2 is 1.59 bits per heavy atom. The van der Waals surface area contributed by atoms with E-state index in [0.29, 0.717) is 12.1 Å². The van der Waals surface area contributed by atoms with E-state index < -0.39 is 10.0 Å². The number of ether oxygens (including phenoxy) is 1. The van der Waals surface area contributed by atoms with Crippen molar-refractivity contribution in [3.05, 3.63) is 95.6 Å². The molecule has 3 rings (SSSR count). The van der Waals surface area contributed by atoms with E-state index in [1.807, 2.05) is 49.4 Å². The molecule has 3 aromatic rings. The van der Waals surface area contributed by atoms with Gasteiger partial charge in [-0.25, -0.2) is 8.42 Å². The summed E-state index contributed by atoms with van der Waals surface area (Å²) >= 11 is 0. The molecule has 0 bridgehead atoms. The summed E-state index contributed by atoms with van der Waals surface area (Å²) in [6, 6.07) is 23.7. The van der Waals surface area contributed by atoms with Crippen LogP contribution in [0.4, 0.5) is 5.69 Å². The summed E-state index contributed by atoms with van der Waals surface area (Å²) in [5.74, 6) is 6.24. The van der Waals surface area contributed by atoms with Gasteiger partial charge in [0.15, 0.2) is 0 Å². The van der Waals surface area contributed by atoms with Gasteiger partial charge in [0, 0.05) is 24.7 Å². The lowest BCUT2D eigenvalue weighted by Gasteiger charge is -2.18. The quantitative estimate of drug-likeness (QED) is 0.592. The van der Waals surface area contributed by atoms with Gasteiger partial charge in [0.25, 0.3) is 10.0 Å². The SMILES string of the molecule is COC(CC#Cc1ccccc1)c1ccccc1NS(=O)(=O)c1ccc(C)cc1. The Hall–Kier alpha value is -3.07. The number of anilines is 1. The Balaban J connectivity index is 1.83. The van der Waals surface area contributed by atoms with Gasteiger partial charge in [0.1, 0.15) is 0 Å². The van der Waals surface area contributed by atoms with Gasteiger partial charge in [0.05, 0.1) is 16.7 Å². The fraction of sp³-hybridized carbons (Fsp3) is 0.167. The summed E-state index contributed by atoms with van der Waals surface area (Å²) < 4.78 is 33.9. The average Bonchev–Trinajstić information content (AvgIpc) is 2.73. The van der Waals surface area contributed by atoms with Crippen LogP contribution in [0.3, 0.4) is 0 Å². The molecule has 1 unspecified atom stereocenters. The van der Waals surface area contributed by atoms with Crippen LogP contribution in [0.15, 0.2) is 83.8 Å². The molecular weight excluding hydrogens is 382 g/mol. The first kappa shape index (κ1) is 20.7. The van der Waals surface area contributed by atoms with Crippen LogP contribution in [0, 0.1) is 18.8 Å². The maximum Gasteiger partial charge on any atom is 0.261 e. The number of hydrogen-bond acceptors (Lipinski definition) is 3. The van der Waals surface area contributed by atoms with Crippen molar-refractivity contribution in [1.29, 1.82) is 0 Å². The standard InChI is InChI=1S/C24H23NO3S/c1-19-15-17-21(18-16-19)29(26,27)25-23-13-7-6-12-22(23)24(28-2)14-8-11-20-9-4-3-5-10-20/h3-7,9-10,12-13,15-18,24-25H,14H2,1-2H3. The molecule has 0 saturated carbocycles. The second-order valence-electron chi connectivity index (χ2n) is 6.60. The van der Waals surface area contributed by atoms with Crippen molar-refractivity contribution in [2.75, 3.05) is 11.8 Å². The summed E-state index contributed by atoms with van der Waals surface area (Å²) in [4.78, 5) is 0.218. The molecule has 0 fully saturated rings. The second-order valence-corrected chi connectivity index (χ2v) is 8.28. The summed E-state index contributed by atoms with van der Waals surface area (Å²) in [6.45, 7) is 1.92. The minimum absolute atomic E-state index is 0.218. The molecule has 0 saturated heterocycles. The van der Waals surface area contributed by atoms with Crippen LogP contribution in [0.5, 0.6) is 0 Å². The highest BCUT2D eigenvalue weighted by Crippen LogP contribution is 2.29. The maximum atomic E-state index is 12.8. The van der Waals surface area contributed by atoms with Crippen molar-refractivity contribution in [3.63, 3.8) is 0 Å². The lowest BCUT2D eigenvalue weighted by atomic mass is 10.0. The molecule has 0 aliphatic carbocycles. The Bertz CT molecular complexity index is 1110. The monoisotopic (exact) mass is 405 g/mol. The van der Waals surface area contributed by atoms with Gasteiger partial charge < -0.3 is 4.74 Å². The zero-order valence-electron chi connectivity index (χ0n) is 16.4. The van der Waals surface area contributed by atoms with Crippen molar-refractivity contribution >= 4 is 15.7 Å². The predicted octanol–water partition coefficient (Wildman–Crippen LogP) is 4.93. The highest BCUT2D eigenvalue weighted by atomic mass is 32.2. The number of sulfonamides is 1. The van der Waals surface area contributed by atoms with E-state index >= 15 is 0 Å². The smallest absolute Gasteiger partial charge is 0.261 e. The highest BCUT2D eigenvalue weighted by molar-refractivity contribution is 7.92. The molecule has 0 aromatic heterocycles. The predicted molar refractivity (Wildman–Crippen MR) is 116 cm³/mol. The van der Waals surface area contributed by atoms with Crippen LogP contribution >= 0.6 is 0 Å². The van der Waals surface area contributed by atoms with Crippen molar-refractivity contribution < 1.29 is 13.2 Å². The number of benzene rings is 3. The Morgan fingerprint density at radius 3 is 2.28 bits per heavy atom. The minimum Gasteiger partial charge on any atom is -0.376 e. The van der Waals surface area contributed by atoms with E-state index in [9.17, 15) is 8.42 Å². The Morgan fingerprint density at radius 1 is 0.931 bits per heavy atom. The van der Waals surface area contributed by atoms with Crippen LogP contribution in [0.1, 0.15) is 29.2 Å². The van der Waals surface area contributed by atoms with Crippen molar-refractivity contribution in [2.24, 2.45) is 0 Å². The van der Waals surface area contributed by atoms with Crippen LogP contribution in [-0.4, -0.2) is 15.5 Å². The third-order valence-corrected chi connectivity index (χ3v) is 5.84. The number of nitrogens with one attached hydrogen (secondary N) is 1. The molecule has 0 spiro atoms. The van der Waals surface area contributed by atoms with Gasteiger partial charge in [-0.15, -0.1) is 0 Å². The summed E-state index contributed by atoms with van der Waals surface area (Å²) in [5, 5.41) is 0. The van der Waals surface area contributed by atoms with Gasteiger partial charge in [-0.2, -0.15) is 0 Å². The molecule has 0 aliphatic rings. The van der Waals surface area contributed by atoms with Crippen molar-refractivity contribution in [1.82, 2.24) is 0 Å². The van der Waals surface area contributed by atoms with E-state index in [4.69, 9.17) is 4.74 Å². The molecule has 0 radical (unpaired) electrons. The largest absolute Gasteiger partial charge is 0.376 e. The topological polar surface area (TPSA) is 55.4 Å². The van der Waals surface area contributed by atoms with Crippen LogP contribution in [0.2, 0.25) is 0 Å². The number of rotatable bonds is 6. The fourth-order valence-electron chi connectivity index (χ4n) is 2.88. The molecule has 3 aromatic carbocycles. The summed E-state index contributed by atoms with van der Waals surface area (Å²) in [7, 11) is -2.10. The van der Waals surface area contributed by atoms with Gasteiger partial charge in [-0.3, -0.25) is 4.72 Å². The molecule has 1 N–H and O–H groups in total. The van der Waals surface area contributed by atoms with Gasteiger partial charge in [0.2, 0.25) is 0 Å². The van der Waals surface area contributed by atoms with E-state index in [1.165, 1.54) is 0 Å². The summed E-state index contributed by atoms with van der Waals surface area (Å²) in [5.41, 5.74) is 3.16. The molecule has 0 heterocycles. The first-order valence-corrected chi connectivity index (χ1v) is 10.7. The molecule has 4 nitrogen and oxygen atoms in total. The Labute approximate surface area is 172 Å². The molecule has 0 aliphatic heterocycles. The van der Waals surface area contributed by atoms with Gasteiger partial charge in [-0.1, -0.05) is 65.9 Å². The lowest BCUT2D eigenvalue weighted by Crippen LogP contribution is -2.15. The molecule has 0 amide bonds. The minimum atomic E-state index is -3.70. The van der Waals surface area contributed by atoms with E-state index in [2.05, 4.69) is 16.6 Å². The number of aryl methyl sites for hydroxylation is 1. The first-order valence-electron chi connectivity index (χ1n) is 9.25. The number of hydrogen-bond donors (Lipinski definition) is 1. The van der Waals surface area contributed by atoms with Gasteiger partial charge >= 0.3 is 0 Å². The molecule has 1 atom stereocenters. The number of methoxy groups -OCH3 is 1. The van der Waals surface area contributed by atoms with Crippen LogP contribution in [-0.2, 0) is 14.8 Å². The zero-order chi connectivity index (χ0) is 20.7. The van der Waals surface area contributed by atoms with Crippen molar-refractivity contribution in [2.45, 2.75) is 24.3 Å². The fourth-order valence-corrected chi connectivity index (χ4v) is 3.97. The lowest BCUT2D eigenvalue weighted by molar-refractivity contribution is 0.108. The van der Waals surface area contributed by atoms with Crippen molar-refractivity contribution in [3.8, 4) is 11.8 Å². The van der Waals surface area contributed by atoms with Gasteiger partial charge in [-0.05, 0) is 37.3 Å². The van der Waals surface area contributed by atoms with Crippen LogP contribution < -0.4 is 4.72 Å². The maximum absolute atomic E-state index is 12.8. The zero-order valence-corrected chi connectivity index (χ0v) is 17.2. The summed E-state index contributed by atoms with van der Waals surface area (Å²) in [6.07, 6.45) is 0.0809. The number of para-hydroxylation sites is 1. The third-order valence-electron chi connectivity index (χ3n) is 4.46. The normalized spacial score (nSPS) is 11.9. The third kappa shape index (κ3) is 5.47. The van der Waals surface area contributed by atoms with E-state index in [-0.39, 0.29) is 11.0 Å².